The lowest BCUT2D eigenvalue weighted by Gasteiger charge is -2.28. The Hall–Kier alpha value is -2.79. The summed E-state index contributed by atoms with van der Waals surface area (Å²) in [7, 11) is 5.83. The number of hydrogen-bond donors (Lipinski definition) is 1. The molecule has 142 valence electrons. The highest BCUT2D eigenvalue weighted by molar-refractivity contribution is 5.78. The van der Waals surface area contributed by atoms with Crippen molar-refractivity contribution < 1.29 is 9.21 Å². The van der Waals surface area contributed by atoms with Gasteiger partial charge < -0.3 is 19.5 Å². The molecule has 2 atom stereocenters. The summed E-state index contributed by atoms with van der Waals surface area (Å²) < 4.78 is 5.90. The predicted molar refractivity (Wildman–Crippen MR) is 109 cm³/mol. The van der Waals surface area contributed by atoms with Crippen molar-refractivity contribution in [2.45, 2.75) is 19.0 Å². The molecule has 2 amide bonds. The molecular formula is C22H27N3O2. The summed E-state index contributed by atoms with van der Waals surface area (Å²) in [5, 5.41) is 4.10. The molecule has 5 nitrogen and oxygen atoms in total. The molecule has 3 rings (SSSR count). The zero-order chi connectivity index (χ0) is 19.4. The number of hydrogen-bond acceptors (Lipinski definition) is 3. The van der Waals surface area contributed by atoms with Crippen molar-refractivity contribution in [2.75, 3.05) is 27.7 Å². The standard InChI is InChI=1S/C22H27N3O2/c1-16(21-14-18-12-8-9-13-20(18)27-21)25(4)22(26)23-15-19(24(2)3)17-10-6-5-7-11-17/h5-14,16,19H,15H2,1-4H3,(H,23,26). The first-order chi connectivity index (χ1) is 13.0. The van der Waals surface area contributed by atoms with Gasteiger partial charge in [0.15, 0.2) is 0 Å². The number of likely N-dealkylation sites (N-methyl/N-ethyl adjacent to an activating group) is 1. The van der Waals surface area contributed by atoms with Crippen molar-refractivity contribution >= 4 is 17.0 Å². The first kappa shape index (κ1) is 19.0. The highest BCUT2D eigenvalue weighted by Gasteiger charge is 2.22. The van der Waals surface area contributed by atoms with E-state index in [0.29, 0.717) is 6.54 Å². The molecule has 2 aromatic carbocycles. The third-order valence-corrected chi connectivity index (χ3v) is 5.01. The zero-order valence-corrected chi connectivity index (χ0v) is 16.3. The number of fused-ring (bicyclic) bond motifs is 1. The molecule has 1 N–H and O–H groups in total. The molecule has 0 saturated carbocycles. The second kappa shape index (κ2) is 8.27. The van der Waals surface area contributed by atoms with Crippen LogP contribution in [0.3, 0.4) is 0 Å². The second-order valence-corrected chi connectivity index (χ2v) is 7.05. The van der Waals surface area contributed by atoms with E-state index in [-0.39, 0.29) is 18.1 Å². The molecule has 2 unspecified atom stereocenters. The molecule has 0 radical (unpaired) electrons. The quantitative estimate of drug-likeness (QED) is 0.703. The maximum atomic E-state index is 12.7. The van der Waals surface area contributed by atoms with Crippen LogP contribution in [-0.4, -0.2) is 43.5 Å². The Balaban J connectivity index is 1.65. The number of amides is 2. The Labute approximate surface area is 160 Å². The predicted octanol–water partition coefficient (Wildman–Crippen LogP) is 4.44. The van der Waals surface area contributed by atoms with E-state index in [0.717, 1.165) is 16.7 Å². The maximum Gasteiger partial charge on any atom is 0.317 e. The number of urea groups is 1. The van der Waals surface area contributed by atoms with E-state index >= 15 is 0 Å². The summed E-state index contributed by atoms with van der Waals surface area (Å²) in [5.74, 6) is 0.779. The highest BCUT2D eigenvalue weighted by atomic mass is 16.3. The van der Waals surface area contributed by atoms with Gasteiger partial charge in [0.2, 0.25) is 0 Å². The molecule has 0 aliphatic heterocycles. The van der Waals surface area contributed by atoms with E-state index in [1.54, 1.807) is 11.9 Å². The Morgan fingerprint density at radius 1 is 1.04 bits per heavy atom. The van der Waals surface area contributed by atoms with Gasteiger partial charge in [-0.25, -0.2) is 4.79 Å². The third kappa shape index (κ3) is 4.31. The number of rotatable bonds is 6. The van der Waals surface area contributed by atoms with Crippen LogP contribution >= 0.6 is 0 Å². The van der Waals surface area contributed by atoms with Crippen molar-refractivity contribution in [3.05, 3.63) is 72.0 Å². The molecule has 0 aliphatic carbocycles. The van der Waals surface area contributed by atoms with Crippen LogP contribution in [0.5, 0.6) is 0 Å². The molecule has 0 bridgehead atoms. The molecule has 0 fully saturated rings. The average Bonchev–Trinajstić information content (AvgIpc) is 3.11. The van der Waals surface area contributed by atoms with Gasteiger partial charge >= 0.3 is 6.03 Å². The van der Waals surface area contributed by atoms with E-state index in [2.05, 4.69) is 22.3 Å². The van der Waals surface area contributed by atoms with Crippen LogP contribution in [0.15, 0.2) is 65.1 Å². The zero-order valence-electron chi connectivity index (χ0n) is 16.3. The van der Waals surface area contributed by atoms with Gasteiger partial charge in [0, 0.05) is 19.0 Å². The smallest absolute Gasteiger partial charge is 0.317 e. The number of carbonyl (C=O) groups is 1. The molecule has 5 heteroatoms. The molecule has 0 spiro atoms. The minimum Gasteiger partial charge on any atom is -0.459 e. The Morgan fingerprint density at radius 2 is 1.70 bits per heavy atom. The van der Waals surface area contributed by atoms with Crippen LogP contribution in [0.1, 0.15) is 30.3 Å². The monoisotopic (exact) mass is 365 g/mol. The minimum atomic E-state index is -0.160. The van der Waals surface area contributed by atoms with Gasteiger partial charge in [0.1, 0.15) is 11.3 Å². The van der Waals surface area contributed by atoms with Crippen molar-refractivity contribution in [2.24, 2.45) is 0 Å². The van der Waals surface area contributed by atoms with Crippen LogP contribution in [0.2, 0.25) is 0 Å². The Bertz CT molecular complexity index is 856. The van der Waals surface area contributed by atoms with E-state index < -0.39 is 0 Å². The summed E-state index contributed by atoms with van der Waals surface area (Å²) in [4.78, 5) is 16.5. The Kier molecular flexibility index (Phi) is 5.81. The van der Waals surface area contributed by atoms with E-state index in [1.807, 2.05) is 69.6 Å². The van der Waals surface area contributed by atoms with Crippen LogP contribution in [0.4, 0.5) is 4.79 Å². The molecule has 0 saturated heterocycles. The molecule has 1 aromatic heterocycles. The topological polar surface area (TPSA) is 48.7 Å². The highest BCUT2D eigenvalue weighted by Crippen LogP contribution is 2.26. The molecular weight excluding hydrogens is 338 g/mol. The van der Waals surface area contributed by atoms with Gasteiger partial charge in [-0.1, -0.05) is 48.5 Å². The van der Waals surface area contributed by atoms with Crippen LogP contribution in [0, 0.1) is 0 Å². The van der Waals surface area contributed by atoms with Gasteiger partial charge in [-0.15, -0.1) is 0 Å². The van der Waals surface area contributed by atoms with Crippen molar-refractivity contribution in [1.82, 2.24) is 15.1 Å². The fourth-order valence-electron chi connectivity index (χ4n) is 3.16. The average molecular weight is 365 g/mol. The van der Waals surface area contributed by atoms with Crippen molar-refractivity contribution in [3.8, 4) is 0 Å². The number of benzene rings is 2. The van der Waals surface area contributed by atoms with Gasteiger partial charge in [-0.05, 0) is 38.7 Å². The van der Waals surface area contributed by atoms with Crippen LogP contribution in [-0.2, 0) is 0 Å². The number of nitrogens with zero attached hydrogens (tertiary/aromatic N) is 2. The van der Waals surface area contributed by atoms with Crippen LogP contribution in [0.25, 0.3) is 11.0 Å². The third-order valence-electron chi connectivity index (χ3n) is 5.01. The second-order valence-electron chi connectivity index (χ2n) is 7.05. The van der Waals surface area contributed by atoms with Crippen molar-refractivity contribution in [3.63, 3.8) is 0 Å². The molecule has 0 aliphatic rings. The van der Waals surface area contributed by atoms with E-state index in [4.69, 9.17) is 4.42 Å². The first-order valence-electron chi connectivity index (χ1n) is 9.18. The summed E-state index contributed by atoms with van der Waals surface area (Å²) in [6.07, 6.45) is 0. The number of para-hydroxylation sites is 1. The van der Waals surface area contributed by atoms with Gasteiger partial charge in [-0.2, -0.15) is 0 Å². The summed E-state index contributed by atoms with van der Waals surface area (Å²) in [6.45, 7) is 2.50. The van der Waals surface area contributed by atoms with Crippen molar-refractivity contribution in [1.29, 1.82) is 0 Å². The van der Waals surface area contributed by atoms with Crippen LogP contribution < -0.4 is 5.32 Å². The minimum absolute atomic E-state index is 0.116. The lowest BCUT2D eigenvalue weighted by atomic mass is 10.1. The summed E-state index contributed by atoms with van der Waals surface area (Å²) in [6, 6.07) is 19.9. The van der Waals surface area contributed by atoms with Gasteiger partial charge in [0.25, 0.3) is 0 Å². The first-order valence-corrected chi connectivity index (χ1v) is 9.18. The summed E-state index contributed by atoms with van der Waals surface area (Å²) >= 11 is 0. The normalized spacial score (nSPS) is 13.5. The SMILES string of the molecule is CC(c1cc2ccccc2o1)N(C)C(=O)NCC(c1ccccc1)N(C)C. The lowest BCUT2D eigenvalue weighted by molar-refractivity contribution is 0.183. The molecule has 3 aromatic rings. The molecule has 1 heterocycles. The van der Waals surface area contributed by atoms with E-state index in [1.165, 1.54) is 5.56 Å². The van der Waals surface area contributed by atoms with Gasteiger partial charge in [0.05, 0.1) is 12.1 Å². The maximum absolute atomic E-state index is 12.7. The van der Waals surface area contributed by atoms with E-state index in [9.17, 15) is 4.79 Å². The van der Waals surface area contributed by atoms with Gasteiger partial charge in [-0.3, -0.25) is 0 Å². The summed E-state index contributed by atoms with van der Waals surface area (Å²) in [5.41, 5.74) is 2.01. The Morgan fingerprint density at radius 3 is 2.37 bits per heavy atom. The number of furan rings is 1. The fourth-order valence-corrected chi connectivity index (χ4v) is 3.16. The number of nitrogens with one attached hydrogen (secondary N) is 1. The largest absolute Gasteiger partial charge is 0.459 e. The fraction of sp³-hybridized carbons (Fsp3) is 0.318. The lowest BCUT2D eigenvalue weighted by Crippen LogP contribution is -2.42. The molecule has 27 heavy (non-hydrogen) atoms. The number of carbonyl (C=O) groups excluding carboxylic acids is 1.